The molecule has 182 valence electrons. The Labute approximate surface area is 210 Å². The summed E-state index contributed by atoms with van der Waals surface area (Å²) in [5, 5.41) is 7.77. The summed E-state index contributed by atoms with van der Waals surface area (Å²) < 4.78 is 7.29. The summed E-state index contributed by atoms with van der Waals surface area (Å²) in [4.78, 5) is 28.6. The Balaban J connectivity index is 1.45. The SMILES string of the molecule is COc1ccccc1-c1nn(-c2ccccc2)cc1C(=O)N1CCCC(C(=O)Nc2ccccc2)C1. The van der Waals surface area contributed by atoms with Gasteiger partial charge in [-0.3, -0.25) is 9.59 Å². The van der Waals surface area contributed by atoms with Crippen molar-refractivity contribution in [3.63, 3.8) is 0 Å². The van der Waals surface area contributed by atoms with Crippen LogP contribution >= 0.6 is 0 Å². The minimum atomic E-state index is -0.276. The molecule has 4 aromatic rings. The van der Waals surface area contributed by atoms with Gasteiger partial charge >= 0.3 is 0 Å². The largest absolute Gasteiger partial charge is 0.496 e. The van der Waals surface area contributed by atoms with Crippen molar-refractivity contribution in [2.45, 2.75) is 12.8 Å². The van der Waals surface area contributed by atoms with Crippen LogP contribution in [-0.4, -0.2) is 46.7 Å². The molecule has 1 unspecified atom stereocenters. The maximum atomic E-state index is 13.9. The molecule has 1 aromatic heterocycles. The summed E-state index contributed by atoms with van der Waals surface area (Å²) in [6.07, 6.45) is 3.27. The van der Waals surface area contributed by atoms with Crippen molar-refractivity contribution < 1.29 is 14.3 Å². The number of methoxy groups -OCH3 is 1. The molecule has 36 heavy (non-hydrogen) atoms. The number of hydrogen-bond acceptors (Lipinski definition) is 4. The molecule has 2 amide bonds. The maximum Gasteiger partial charge on any atom is 0.257 e. The first kappa shape index (κ1) is 23.4. The van der Waals surface area contributed by atoms with Crippen molar-refractivity contribution in [3.8, 4) is 22.7 Å². The fourth-order valence-electron chi connectivity index (χ4n) is 4.59. The van der Waals surface area contributed by atoms with Crippen molar-refractivity contribution in [1.29, 1.82) is 0 Å². The van der Waals surface area contributed by atoms with Crippen LogP contribution in [-0.2, 0) is 4.79 Å². The zero-order valence-electron chi connectivity index (χ0n) is 20.1. The molecule has 5 rings (SSSR count). The van der Waals surface area contributed by atoms with Crippen LogP contribution in [0, 0.1) is 5.92 Å². The molecule has 7 nitrogen and oxygen atoms in total. The van der Waals surface area contributed by atoms with Crippen molar-refractivity contribution in [3.05, 3.63) is 96.7 Å². The number of rotatable bonds is 6. The summed E-state index contributed by atoms with van der Waals surface area (Å²) in [5.74, 6) is 0.157. The molecule has 1 N–H and O–H groups in total. The lowest BCUT2D eigenvalue weighted by Crippen LogP contribution is -2.43. The second kappa shape index (κ2) is 10.5. The second-order valence-electron chi connectivity index (χ2n) is 8.82. The normalized spacial score (nSPS) is 15.4. The van der Waals surface area contributed by atoms with Crippen molar-refractivity contribution in [1.82, 2.24) is 14.7 Å². The van der Waals surface area contributed by atoms with E-state index in [1.165, 1.54) is 0 Å². The number of carbonyl (C=O) groups excluding carboxylic acids is 2. The lowest BCUT2D eigenvalue weighted by atomic mass is 9.96. The molecule has 2 heterocycles. The summed E-state index contributed by atoms with van der Waals surface area (Å²) in [6.45, 7) is 0.954. The summed E-state index contributed by atoms with van der Waals surface area (Å²) >= 11 is 0. The summed E-state index contributed by atoms with van der Waals surface area (Å²) in [5.41, 5.74) is 3.39. The molecule has 1 fully saturated rings. The molecule has 0 spiro atoms. The molecular weight excluding hydrogens is 452 g/mol. The monoisotopic (exact) mass is 480 g/mol. The maximum absolute atomic E-state index is 13.9. The Morgan fingerprint density at radius 3 is 2.39 bits per heavy atom. The van der Waals surface area contributed by atoms with Gasteiger partial charge in [-0.15, -0.1) is 0 Å². The van der Waals surface area contributed by atoms with Crippen LogP contribution in [0.2, 0.25) is 0 Å². The van der Waals surface area contributed by atoms with Crippen molar-refractivity contribution in [2.75, 3.05) is 25.5 Å². The van der Waals surface area contributed by atoms with Crippen molar-refractivity contribution in [2.24, 2.45) is 5.92 Å². The van der Waals surface area contributed by atoms with Gasteiger partial charge in [-0.2, -0.15) is 5.10 Å². The molecule has 1 saturated heterocycles. The number of nitrogens with zero attached hydrogens (tertiary/aromatic N) is 3. The van der Waals surface area contributed by atoms with E-state index in [2.05, 4.69) is 5.32 Å². The number of benzene rings is 3. The molecule has 0 bridgehead atoms. The molecule has 1 atom stereocenters. The Morgan fingerprint density at radius 1 is 0.944 bits per heavy atom. The van der Waals surface area contributed by atoms with Gasteiger partial charge in [-0.05, 0) is 49.2 Å². The molecule has 0 aliphatic carbocycles. The molecule has 3 aromatic carbocycles. The Bertz CT molecular complexity index is 1350. The minimum Gasteiger partial charge on any atom is -0.496 e. The van der Waals surface area contributed by atoms with Gasteiger partial charge in [0.15, 0.2) is 0 Å². The number of nitrogens with one attached hydrogen (secondary N) is 1. The van der Waals surface area contributed by atoms with Gasteiger partial charge in [0.1, 0.15) is 11.4 Å². The fraction of sp³-hybridized carbons (Fsp3) is 0.207. The molecule has 1 aliphatic heterocycles. The van der Waals surface area contributed by atoms with Crippen LogP contribution in [0.15, 0.2) is 91.1 Å². The second-order valence-corrected chi connectivity index (χ2v) is 8.82. The molecule has 0 radical (unpaired) electrons. The average molecular weight is 481 g/mol. The van der Waals surface area contributed by atoms with Gasteiger partial charge in [0.05, 0.1) is 24.3 Å². The molecule has 0 saturated carbocycles. The predicted octanol–water partition coefficient (Wildman–Crippen LogP) is 5.04. The number of piperidine rings is 1. The van der Waals surface area contributed by atoms with E-state index < -0.39 is 0 Å². The number of ether oxygens (including phenoxy) is 1. The van der Waals surface area contributed by atoms with E-state index in [1.807, 2.05) is 84.9 Å². The van der Waals surface area contributed by atoms with Gasteiger partial charge in [0.25, 0.3) is 5.91 Å². The number of aromatic nitrogens is 2. The minimum absolute atomic E-state index is 0.0661. The van der Waals surface area contributed by atoms with Crippen LogP contribution in [0.1, 0.15) is 23.2 Å². The standard InChI is InChI=1S/C29H28N4O3/c1-36-26-17-9-8-16-24(26)27-25(20-33(31-27)23-14-6-3-7-15-23)29(35)32-18-10-11-21(19-32)28(34)30-22-12-4-2-5-13-22/h2-9,12-17,20-21H,10-11,18-19H2,1H3,(H,30,34). The van der Waals surface area contributed by atoms with E-state index in [0.29, 0.717) is 30.1 Å². The Hall–Kier alpha value is -4.39. The van der Waals surface area contributed by atoms with Gasteiger partial charge in [0.2, 0.25) is 5.91 Å². The van der Waals surface area contributed by atoms with Crippen molar-refractivity contribution >= 4 is 17.5 Å². The zero-order valence-corrected chi connectivity index (χ0v) is 20.1. The molecule has 1 aliphatic rings. The van der Waals surface area contributed by atoms with E-state index >= 15 is 0 Å². The summed E-state index contributed by atoms with van der Waals surface area (Å²) in [6, 6.07) is 26.6. The number of carbonyl (C=O) groups is 2. The predicted molar refractivity (Wildman–Crippen MR) is 139 cm³/mol. The van der Waals surface area contributed by atoms with Gasteiger partial charge < -0.3 is 15.0 Å². The first-order valence-corrected chi connectivity index (χ1v) is 12.1. The zero-order chi connectivity index (χ0) is 24.9. The fourth-order valence-corrected chi connectivity index (χ4v) is 4.59. The van der Waals surface area contributed by atoms with E-state index in [9.17, 15) is 9.59 Å². The number of para-hydroxylation sites is 3. The Morgan fingerprint density at radius 2 is 1.64 bits per heavy atom. The first-order valence-electron chi connectivity index (χ1n) is 12.1. The smallest absolute Gasteiger partial charge is 0.257 e. The average Bonchev–Trinajstić information content (AvgIpc) is 3.39. The third-order valence-electron chi connectivity index (χ3n) is 6.45. The summed E-state index contributed by atoms with van der Waals surface area (Å²) in [7, 11) is 1.61. The van der Waals surface area contributed by atoms with Crippen LogP contribution in [0.3, 0.4) is 0 Å². The highest BCUT2D eigenvalue weighted by atomic mass is 16.5. The molecule has 7 heteroatoms. The van der Waals surface area contributed by atoms with Gasteiger partial charge in [0, 0.05) is 30.5 Å². The molecular formula is C29H28N4O3. The van der Waals surface area contributed by atoms with Crippen LogP contribution < -0.4 is 10.1 Å². The third kappa shape index (κ3) is 4.86. The number of likely N-dealkylation sites (tertiary alicyclic amines) is 1. The quantitative estimate of drug-likeness (QED) is 0.420. The van der Waals surface area contributed by atoms with Gasteiger partial charge in [-0.1, -0.05) is 48.5 Å². The van der Waals surface area contributed by atoms with E-state index in [-0.39, 0.29) is 17.7 Å². The van der Waals surface area contributed by atoms with Gasteiger partial charge in [-0.25, -0.2) is 4.68 Å². The Kier molecular flexibility index (Phi) is 6.80. The van der Waals surface area contributed by atoms with Crippen LogP contribution in [0.4, 0.5) is 5.69 Å². The number of anilines is 1. The van der Waals surface area contributed by atoms with E-state index in [0.717, 1.165) is 29.8 Å². The van der Waals surface area contributed by atoms with E-state index in [1.54, 1.807) is 22.9 Å². The lowest BCUT2D eigenvalue weighted by molar-refractivity contribution is -0.121. The van der Waals surface area contributed by atoms with Crippen LogP contribution in [0.25, 0.3) is 16.9 Å². The number of hydrogen-bond donors (Lipinski definition) is 1. The highest BCUT2D eigenvalue weighted by Gasteiger charge is 2.31. The first-order chi connectivity index (χ1) is 17.6. The van der Waals surface area contributed by atoms with E-state index in [4.69, 9.17) is 9.84 Å². The topological polar surface area (TPSA) is 76.5 Å². The van der Waals surface area contributed by atoms with Crippen LogP contribution in [0.5, 0.6) is 5.75 Å². The highest BCUT2D eigenvalue weighted by Crippen LogP contribution is 2.33. The third-order valence-corrected chi connectivity index (χ3v) is 6.45. The highest BCUT2D eigenvalue weighted by molar-refractivity contribution is 6.01. The lowest BCUT2D eigenvalue weighted by Gasteiger charge is -2.32. The number of amides is 2.